The van der Waals surface area contributed by atoms with Crippen molar-refractivity contribution in [1.29, 1.82) is 0 Å². The Morgan fingerprint density at radius 1 is 1.50 bits per heavy atom. The summed E-state index contributed by atoms with van der Waals surface area (Å²) in [7, 11) is -3.84. The summed E-state index contributed by atoms with van der Waals surface area (Å²) < 4.78 is 31.7. The predicted octanol–water partition coefficient (Wildman–Crippen LogP) is 1.45. The quantitative estimate of drug-likeness (QED) is 0.911. The number of aromatic carboxylic acids is 1. The van der Waals surface area contributed by atoms with E-state index in [9.17, 15) is 13.2 Å². The van der Waals surface area contributed by atoms with E-state index in [-0.39, 0.29) is 28.1 Å². The molecular weight excluding hydrogens is 306 g/mol. The van der Waals surface area contributed by atoms with E-state index in [1.165, 1.54) is 16.4 Å². The molecule has 20 heavy (non-hydrogen) atoms. The molecule has 0 bridgehead atoms. The molecule has 1 heterocycles. The third kappa shape index (κ3) is 2.80. The number of ether oxygens (including phenoxy) is 1. The SMILES string of the molecule is C[C@@H]1COCCN1S(=O)(=O)c1cc(C(=O)O)ccc1Cl. The van der Waals surface area contributed by atoms with Crippen molar-refractivity contribution in [3.05, 3.63) is 28.8 Å². The standard InChI is InChI=1S/C12H14ClNO5S/c1-8-7-19-5-4-14(8)20(17,18)11-6-9(12(15)16)2-3-10(11)13/h2-3,6,8H,4-5,7H2,1H3,(H,15,16)/t8-/m1/s1. The second-order valence-electron chi connectivity index (χ2n) is 4.49. The number of halogens is 1. The number of carbonyl (C=O) groups is 1. The van der Waals surface area contributed by atoms with E-state index in [0.29, 0.717) is 13.2 Å². The Morgan fingerprint density at radius 2 is 2.20 bits per heavy atom. The average molecular weight is 320 g/mol. The van der Waals surface area contributed by atoms with Gasteiger partial charge in [0.1, 0.15) is 4.90 Å². The highest BCUT2D eigenvalue weighted by molar-refractivity contribution is 7.89. The number of rotatable bonds is 3. The van der Waals surface area contributed by atoms with Crippen molar-refractivity contribution in [2.24, 2.45) is 0 Å². The van der Waals surface area contributed by atoms with Crippen molar-refractivity contribution in [2.75, 3.05) is 19.8 Å². The Bertz CT molecular complexity index is 631. The van der Waals surface area contributed by atoms with Crippen LogP contribution in [0.4, 0.5) is 0 Å². The van der Waals surface area contributed by atoms with Gasteiger partial charge < -0.3 is 9.84 Å². The number of nitrogens with zero attached hydrogens (tertiary/aromatic N) is 1. The lowest BCUT2D eigenvalue weighted by molar-refractivity contribution is 0.0392. The Morgan fingerprint density at radius 3 is 2.80 bits per heavy atom. The third-order valence-electron chi connectivity index (χ3n) is 3.07. The van der Waals surface area contributed by atoms with Gasteiger partial charge in [0.2, 0.25) is 10.0 Å². The highest BCUT2D eigenvalue weighted by Gasteiger charge is 2.33. The molecule has 6 nitrogen and oxygen atoms in total. The van der Waals surface area contributed by atoms with Crippen molar-refractivity contribution in [2.45, 2.75) is 17.9 Å². The van der Waals surface area contributed by atoms with E-state index in [1.807, 2.05) is 0 Å². The number of hydrogen-bond donors (Lipinski definition) is 1. The molecule has 1 aliphatic heterocycles. The maximum absolute atomic E-state index is 12.6. The first-order valence-corrected chi connectivity index (χ1v) is 7.78. The van der Waals surface area contributed by atoms with E-state index in [0.717, 1.165) is 6.07 Å². The van der Waals surface area contributed by atoms with Gasteiger partial charge in [0.15, 0.2) is 0 Å². The first-order valence-electron chi connectivity index (χ1n) is 5.96. The molecule has 1 N–H and O–H groups in total. The summed E-state index contributed by atoms with van der Waals surface area (Å²) in [5.74, 6) is -1.20. The zero-order valence-corrected chi connectivity index (χ0v) is 12.3. The number of sulfonamides is 1. The maximum atomic E-state index is 12.6. The molecule has 1 aromatic rings. The molecule has 1 atom stereocenters. The zero-order chi connectivity index (χ0) is 14.9. The molecule has 8 heteroatoms. The summed E-state index contributed by atoms with van der Waals surface area (Å²) in [5, 5.41) is 8.96. The van der Waals surface area contributed by atoms with Gasteiger partial charge in [-0.2, -0.15) is 4.31 Å². The van der Waals surface area contributed by atoms with Crippen LogP contribution in [0.15, 0.2) is 23.1 Å². The molecule has 1 aromatic carbocycles. The van der Waals surface area contributed by atoms with Crippen molar-refractivity contribution in [3.8, 4) is 0 Å². The largest absolute Gasteiger partial charge is 0.478 e. The van der Waals surface area contributed by atoms with E-state index in [2.05, 4.69) is 0 Å². The summed E-state index contributed by atoms with van der Waals surface area (Å²) in [5.41, 5.74) is -0.117. The van der Waals surface area contributed by atoms with Gasteiger partial charge in [0.05, 0.1) is 23.8 Å². The smallest absolute Gasteiger partial charge is 0.335 e. The Kier molecular flexibility index (Phi) is 4.33. The third-order valence-corrected chi connectivity index (χ3v) is 5.57. The van der Waals surface area contributed by atoms with Crippen LogP contribution in [0.5, 0.6) is 0 Å². The van der Waals surface area contributed by atoms with E-state index < -0.39 is 16.0 Å². The highest BCUT2D eigenvalue weighted by atomic mass is 35.5. The van der Waals surface area contributed by atoms with Gasteiger partial charge >= 0.3 is 5.97 Å². The number of morpholine rings is 1. The van der Waals surface area contributed by atoms with Crippen molar-refractivity contribution < 1.29 is 23.1 Å². The van der Waals surface area contributed by atoms with Gasteiger partial charge in [-0.1, -0.05) is 11.6 Å². The topological polar surface area (TPSA) is 83.9 Å². The van der Waals surface area contributed by atoms with Crippen LogP contribution < -0.4 is 0 Å². The molecule has 0 amide bonds. The molecule has 0 unspecified atom stereocenters. The monoisotopic (exact) mass is 319 g/mol. The molecule has 0 aromatic heterocycles. The van der Waals surface area contributed by atoms with Gasteiger partial charge in [0, 0.05) is 12.6 Å². The molecule has 0 aliphatic carbocycles. The Labute approximate surface area is 122 Å². The van der Waals surface area contributed by atoms with Crippen LogP contribution in [0.25, 0.3) is 0 Å². The molecule has 1 saturated heterocycles. The molecule has 1 fully saturated rings. The fraction of sp³-hybridized carbons (Fsp3) is 0.417. The molecule has 0 spiro atoms. The maximum Gasteiger partial charge on any atom is 0.335 e. The number of carboxylic acid groups (broad SMARTS) is 1. The van der Waals surface area contributed by atoms with Crippen LogP contribution >= 0.6 is 11.6 Å². The van der Waals surface area contributed by atoms with Crippen molar-refractivity contribution >= 4 is 27.6 Å². The molecule has 0 radical (unpaired) electrons. The lowest BCUT2D eigenvalue weighted by Crippen LogP contribution is -2.47. The molecule has 1 aliphatic rings. The van der Waals surface area contributed by atoms with Crippen molar-refractivity contribution in [1.82, 2.24) is 4.31 Å². The van der Waals surface area contributed by atoms with Crippen molar-refractivity contribution in [3.63, 3.8) is 0 Å². The molecule has 0 saturated carbocycles. The minimum Gasteiger partial charge on any atom is -0.478 e. The van der Waals surface area contributed by atoms with E-state index >= 15 is 0 Å². The minimum absolute atomic E-state index is 0.00805. The van der Waals surface area contributed by atoms with Gasteiger partial charge in [-0.05, 0) is 25.1 Å². The number of hydrogen-bond acceptors (Lipinski definition) is 4. The van der Waals surface area contributed by atoms with E-state index in [1.54, 1.807) is 6.92 Å². The lowest BCUT2D eigenvalue weighted by Gasteiger charge is -2.32. The van der Waals surface area contributed by atoms with Gasteiger partial charge in [-0.25, -0.2) is 13.2 Å². The summed E-state index contributed by atoms with van der Waals surface area (Å²) in [6.45, 7) is 2.55. The van der Waals surface area contributed by atoms with Gasteiger partial charge in [-0.15, -0.1) is 0 Å². The van der Waals surface area contributed by atoms with Crippen LogP contribution in [0.3, 0.4) is 0 Å². The van der Waals surface area contributed by atoms with Crippen LogP contribution in [-0.2, 0) is 14.8 Å². The molecular formula is C12H14ClNO5S. The summed E-state index contributed by atoms with van der Waals surface area (Å²) >= 11 is 5.92. The zero-order valence-electron chi connectivity index (χ0n) is 10.7. The molecule has 2 rings (SSSR count). The van der Waals surface area contributed by atoms with Gasteiger partial charge in [0.25, 0.3) is 0 Å². The van der Waals surface area contributed by atoms with Crippen LogP contribution in [-0.4, -0.2) is 49.6 Å². The lowest BCUT2D eigenvalue weighted by atomic mass is 10.2. The second kappa shape index (κ2) is 5.69. The van der Waals surface area contributed by atoms with Gasteiger partial charge in [-0.3, -0.25) is 0 Å². The molecule has 110 valence electrons. The fourth-order valence-electron chi connectivity index (χ4n) is 2.03. The summed E-state index contributed by atoms with van der Waals surface area (Å²) in [4.78, 5) is 10.8. The predicted molar refractivity (Wildman–Crippen MR) is 72.6 cm³/mol. The number of carboxylic acids is 1. The second-order valence-corrected chi connectivity index (χ2v) is 6.76. The Hall–Kier alpha value is -1.15. The minimum atomic E-state index is -3.84. The first kappa shape index (κ1) is 15.2. The van der Waals surface area contributed by atoms with E-state index in [4.69, 9.17) is 21.4 Å². The number of benzene rings is 1. The fourth-order valence-corrected chi connectivity index (χ4v) is 4.13. The summed E-state index contributed by atoms with van der Waals surface area (Å²) in [6, 6.07) is 3.32. The normalized spacial score (nSPS) is 20.8. The Balaban J connectivity index is 2.48. The van der Waals surface area contributed by atoms with Crippen LogP contribution in [0.1, 0.15) is 17.3 Å². The first-order chi connectivity index (χ1) is 9.34. The van der Waals surface area contributed by atoms with Crippen LogP contribution in [0, 0.1) is 0 Å². The van der Waals surface area contributed by atoms with Crippen LogP contribution in [0.2, 0.25) is 5.02 Å². The highest BCUT2D eigenvalue weighted by Crippen LogP contribution is 2.28. The summed E-state index contributed by atoms with van der Waals surface area (Å²) in [6.07, 6.45) is 0. The average Bonchev–Trinajstić information content (AvgIpc) is 2.39.